The van der Waals surface area contributed by atoms with E-state index in [4.69, 9.17) is 15.0 Å². The molecule has 0 saturated carbocycles. The Bertz CT molecular complexity index is 3290. The lowest BCUT2D eigenvalue weighted by Gasteiger charge is -2.12. The fraction of sp³-hybridized carbons (Fsp3) is 0. The summed E-state index contributed by atoms with van der Waals surface area (Å²) in [4.78, 5) is 15.3. The summed E-state index contributed by atoms with van der Waals surface area (Å²) in [5, 5.41) is 7.35. The van der Waals surface area contributed by atoms with Crippen molar-refractivity contribution in [2.24, 2.45) is 0 Å². The molecule has 9 aromatic carbocycles. The van der Waals surface area contributed by atoms with E-state index in [-0.39, 0.29) is 0 Å². The van der Waals surface area contributed by atoms with Crippen LogP contribution in [-0.4, -0.2) is 19.5 Å². The monoisotopic (exact) mass is 726 g/mol. The Morgan fingerprint density at radius 1 is 0.281 bits per heavy atom. The molecule has 0 unspecified atom stereocenters. The van der Waals surface area contributed by atoms with Gasteiger partial charge in [-0.2, -0.15) is 0 Å². The third-order valence-electron chi connectivity index (χ3n) is 11.0. The molecule has 0 N–H and O–H groups in total. The molecule has 4 heteroatoms. The number of para-hydroxylation sites is 1. The molecule has 2 heterocycles. The molecule has 0 atom stereocenters. The Morgan fingerprint density at radius 3 is 1.61 bits per heavy atom. The number of nitrogens with zero attached hydrogens (tertiary/aromatic N) is 4. The average molecular weight is 727 g/mol. The first-order valence-electron chi connectivity index (χ1n) is 19.3. The summed E-state index contributed by atoms with van der Waals surface area (Å²) in [7, 11) is 0. The predicted octanol–water partition coefficient (Wildman–Crippen LogP) is 13.6. The van der Waals surface area contributed by atoms with Crippen LogP contribution in [-0.2, 0) is 0 Å². The lowest BCUT2D eigenvalue weighted by atomic mass is 10.0. The summed E-state index contributed by atoms with van der Waals surface area (Å²) in [6.07, 6.45) is 0. The molecule has 266 valence electrons. The first-order valence-corrected chi connectivity index (χ1v) is 19.3. The van der Waals surface area contributed by atoms with E-state index in [1.807, 2.05) is 6.07 Å². The molecule has 11 rings (SSSR count). The first-order chi connectivity index (χ1) is 28.2. The molecule has 0 amide bonds. The van der Waals surface area contributed by atoms with Gasteiger partial charge in [0, 0.05) is 33.2 Å². The van der Waals surface area contributed by atoms with Gasteiger partial charge in [-0.1, -0.05) is 170 Å². The third kappa shape index (κ3) is 5.83. The van der Waals surface area contributed by atoms with Gasteiger partial charge >= 0.3 is 0 Å². The molecule has 11 aromatic rings. The SMILES string of the molecule is c1ccc(-c2ccc(-c3nc(-c4cccc(-c5cccc(-n6c7ccccc7c7c8ccccc8ccc76)c5)c4)nc(-c4ccc5ccccc5c4)n3)cc2)cc1. The Hall–Kier alpha value is -7.69. The van der Waals surface area contributed by atoms with Gasteiger partial charge in [0.15, 0.2) is 17.5 Å². The van der Waals surface area contributed by atoms with Crippen LogP contribution < -0.4 is 0 Å². The zero-order valence-corrected chi connectivity index (χ0v) is 30.9. The normalized spacial score (nSPS) is 11.5. The number of fused-ring (bicyclic) bond motifs is 6. The Kier molecular flexibility index (Phi) is 7.78. The molecule has 0 bridgehead atoms. The van der Waals surface area contributed by atoms with E-state index in [1.165, 1.54) is 43.5 Å². The molecule has 0 radical (unpaired) electrons. The van der Waals surface area contributed by atoms with E-state index < -0.39 is 0 Å². The van der Waals surface area contributed by atoms with Crippen molar-refractivity contribution in [1.82, 2.24) is 19.5 Å². The van der Waals surface area contributed by atoms with Gasteiger partial charge in [-0.3, -0.25) is 0 Å². The standard InChI is InChI=1S/C53H34N4/c1-2-12-35(13-3-1)37-24-27-39(28-25-37)51-54-52(56-53(55-51)44-29-26-36-14-4-5-16-40(36)32-44)43-19-10-17-41(33-43)42-18-11-20-45(34-42)57-48-23-9-8-22-47(48)50-46-21-7-6-15-38(46)30-31-49(50)57/h1-34H. The van der Waals surface area contributed by atoms with E-state index in [9.17, 15) is 0 Å². The maximum absolute atomic E-state index is 5.13. The van der Waals surface area contributed by atoms with Crippen LogP contribution in [0, 0.1) is 0 Å². The molecule has 0 saturated heterocycles. The minimum atomic E-state index is 0.627. The molecule has 0 aliphatic carbocycles. The molecule has 57 heavy (non-hydrogen) atoms. The van der Waals surface area contributed by atoms with E-state index in [0.29, 0.717) is 17.5 Å². The Morgan fingerprint density at radius 2 is 0.807 bits per heavy atom. The van der Waals surface area contributed by atoms with Crippen molar-refractivity contribution in [3.05, 3.63) is 206 Å². The van der Waals surface area contributed by atoms with Crippen molar-refractivity contribution in [3.63, 3.8) is 0 Å². The van der Waals surface area contributed by atoms with Crippen LogP contribution in [0.2, 0.25) is 0 Å². The lowest BCUT2D eigenvalue weighted by molar-refractivity contribution is 1.07. The van der Waals surface area contributed by atoms with Crippen LogP contribution in [0.15, 0.2) is 206 Å². The second kappa shape index (κ2) is 13.6. The number of benzene rings is 9. The van der Waals surface area contributed by atoms with Crippen molar-refractivity contribution < 1.29 is 0 Å². The highest BCUT2D eigenvalue weighted by molar-refractivity contribution is 6.21. The van der Waals surface area contributed by atoms with E-state index in [1.54, 1.807) is 0 Å². The van der Waals surface area contributed by atoms with Gasteiger partial charge in [-0.15, -0.1) is 0 Å². The summed E-state index contributed by atoms with van der Waals surface area (Å²) in [6.45, 7) is 0. The molecule has 0 spiro atoms. The van der Waals surface area contributed by atoms with Gasteiger partial charge < -0.3 is 4.57 Å². The van der Waals surface area contributed by atoms with Crippen molar-refractivity contribution in [3.8, 4) is 62.1 Å². The molecular weight excluding hydrogens is 693 g/mol. The molecule has 2 aromatic heterocycles. The lowest BCUT2D eigenvalue weighted by Crippen LogP contribution is -2.00. The molecule has 0 aliphatic heterocycles. The minimum Gasteiger partial charge on any atom is -0.309 e. The molecular formula is C53H34N4. The smallest absolute Gasteiger partial charge is 0.164 e. The van der Waals surface area contributed by atoms with Gasteiger partial charge in [0.1, 0.15) is 0 Å². The molecule has 0 fully saturated rings. The largest absolute Gasteiger partial charge is 0.309 e. The van der Waals surface area contributed by atoms with Crippen LogP contribution in [0.25, 0.3) is 105 Å². The zero-order chi connectivity index (χ0) is 37.7. The second-order valence-corrected chi connectivity index (χ2v) is 14.5. The van der Waals surface area contributed by atoms with E-state index >= 15 is 0 Å². The summed E-state index contributed by atoms with van der Waals surface area (Å²) in [5.41, 5.74) is 10.8. The first kappa shape index (κ1) is 32.7. The van der Waals surface area contributed by atoms with Crippen LogP contribution in [0.1, 0.15) is 0 Å². The number of hydrogen-bond donors (Lipinski definition) is 0. The van der Waals surface area contributed by atoms with Crippen molar-refractivity contribution >= 4 is 43.4 Å². The Labute approximate surface area is 330 Å². The van der Waals surface area contributed by atoms with E-state index in [2.05, 4.69) is 205 Å². The van der Waals surface area contributed by atoms with E-state index in [0.717, 1.165) is 44.5 Å². The van der Waals surface area contributed by atoms with Crippen LogP contribution in [0.3, 0.4) is 0 Å². The average Bonchev–Trinajstić information content (AvgIpc) is 3.64. The maximum Gasteiger partial charge on any atom is 0.164 e. The fourth-order valence-electron chi connectivity index (χ4n) is 8.21. The minimum absolute atomic E-state index is 0.627. The summed E-state index contributed by atoms with van der Waals surface area (Å²) in [5.74, 6) is 1.90. The van der Waals surface area contributed by atoms with Crippen LogP contribution in [0.4, 0.5) is 0 Å². The van der Waals surface area contributed by atoms with Crippen LogP contribution in [0.5, 0.6) is 0 Å². The highest BCUT2D eigenvalue weighted by Gasteiger charge is 2.17. The van der Waals surface area contributed by atoms with Crippen molar-refractivity contribution in [2.45, 2.75) is 0 Å². The second-order valence-electron chi connectivity index (χ2n) is 14.5. The maximum atomic E-state index is 5.13. The van der Waals surface area contributed by atoms with Crippen LogP contribution >= 0.6 is 0 Å². The zero-order valence-electron chi connectivity index (χ0n) is 30.9. The van der Waals surface area contributed by atoms with Gasteiger partial charge in [0.25, 0.3) is 0 Å². The van der Waals surface area contributed by atoms with Crippen molar-refractivity contribution in [1.29, 1.82) is 0 Å². The van der Waals surface area contributed by atoms with Gasteiger partial charge in [0.2, 0.25) is 0 Å². The predicted molar refractivity (Wildman–Crippen MR) is 236 cm³/mol. The number of aromatic nitrogens is 4. The third-order valence-corrected chi connectivity index (χ3v) is 11.0. The number of hydrogen-bond acceptors (Lipinski definition) is 3. The fourth-order valence-corrected chi connectivity index (χ4v) is 8.21. The highest BCUT2D eigenvalue weighted by Crippen LogP contribution is 2.38. The summed E-state index contributed by atoms with van der Waals surface area (Å²) < 4.78 is 2.39. The quantitative estimate of drug-likeness (QED) is 0.171. The Balaban J connectivity index is 1.03. The molecule has 4 nitrogen and oxygen atoms in total. The van der Waals surface area contributed by atoms with Gasteiger partial charge in [-0.05, 0) is 80.2 Å². The summed E-state index contributed by atoms with van der Waals surface area (Å²) >= 11 is 0. The topological polar surface area (TPSA) is 43.6 Å². The highest BCUT2D eigenvalue weighted by atomic mass is 15.0. The van der Waals surface area contributed by atoms with Gasteiger partial charge in [0.05, 0.1) is 11.0 Å². The molecule has 0 aliphatic rings. The summed E-state index contributed by atoms with van der Waals surface area (Å²) in [6, 6.07) is 72.9. The van der Waals surface area contributed by atoms with Gasteiger partial charge in [-0.25, -0.2) is 15.0 Å². The van der Waals surface area contributed by atoms with Crippen molar-refractivity contribution in [2.75, 3.05) is 0 Å². The number of rotatable bonds is 6.